The second kappa shape index (κ2) is 8.64. The summed E-state index contributed by atoms with van der Waals surface area (Å²) >= 11 is 6.13. The summed E-state index contributed by atoms with van der Waals surface area (Å²) in [6.07, 6.45) is 5.24. The smallest absolute Gasteiger partial charge is 0.250 e. The molecule has 0 N–H and O–H groups in total. The molecular formula is C24H18ClN5O2. The molecule has 0 spiro atoms. The van der Waals surface area contributed by atoms with E-state index in [2.05, 4.69) is 19.9 Å². The fraction of sp³-hybridized carbons (Fsp3) is 0.0833. The Balaban J connectivity index is 1.46. The highest BCUT2D eigenvalue weighted by Crippen LogP contribution is 2.30. The van der Waals surface area contributed by atoms with Crippen LogP contribution in [0.15, 0.2) is 79.4 Å². The third-order valence-electron chi connectivity index (χ3n) is 5.01. The molecule has 0 amide bonds. The number of rotatable bonds is 6. The van der Waals surface area contributed by atoms with E-state index in [1.807, 2.05) is 65.2 Å². The highest BCUT2D eigenvalue weighted by Gasteiger charge is 2.16. The molecule has 0 saturated heterocycles. The first kappa shape index (κ1) is 20.0. The normalized spacial score (nSPS) is 10.9. The van der Waals surface area contributed by atoms with Crippen molar-refractivity contribution in [1.82, 2.24) is 24.5 Å². The van der Waals surface area contributed by atoms with E-state index >= 15 is 0 Å². The number of nitrogens with zero attached hydrogens (tertiary/aromatic N) is 5. The Morgan fingerprint density at radius 2 is 1.53 bits per heavy atom. The molecule has 0 bridgehead atoms. The van der Waals surface area contributed by atoms with Gasteiger partial charge in [-0.05, 0) is 64.7 Å². The average Bonchev–Trinajstić information content (AvgIpc) is 3.23. The predicted molar refractivity (Wildman–Crippen MR) is 122 cm³/mol. The lowest BCUT2D eigenvalue weighted by molar-refractivity contribution is 0.414. The van der Waals surface area contributed by atoms with Crippen molar-refractivity contribution in [2.45, 2.75) is 6.54 Å². The van der Waals surface area contributed by atoms with Crippen LogP contribution in [0.3, 0.4) is 0 Å². The number of fused-ring (bicyclic) bond motifs is 1. The maximum Gasteiger partial charge on any atom is 0.250 e. The van der Waals surface area contributed by atoms with Crippen LogP contribution in [0.2, 0.25) is 5.28 Å². The van der Waals surface area contributed by atoms with E-state index in [9.17, 15) is 0 Å². The second-order valence-corrected chi connectivity index (χ2v) is 7.39. The Labute approximate surface area is 189 Å². The molecule has 2 aromatic carbocycles. The molecule has 0 aliphatic heterocycles. The monoisotopic (exact) mass is 443 g/mol. The fourth-order valence-corrected chi connectivity index (χ4v) is 3.57. The molecule has 0 saturated carbocycles. The van der Waals surface area contributed by atoms with Gasteiger partial charge in [0.1, 0.15) is 11.5 Å². The van der Waals surface area contributed by atoms with Gasteiger partial charge in [0.25, 0.3) is 0 Å². The molecule has 0 aliphatic carbocycles. The lowest BCUT2D eigenvalue weighted by Gasteiger charge is -2.10. The molecule has 3 aromatic heterocycles. The van der Waals surface area contributed by atoms with Crippen molar-refractivity contribution in [3.63, 3.8) is 0 Å². The number of pyridine rings is 1. The van der Waals surface area contributed by atoms with E-state index in [0.29, 0.717) is 29.3 Å². The fourth-order valence-electron chi connectivity index (χ4n) is 3.41. The van der Waals surface area contributed by atoms with Crippen LogP contribution in [0.5, 0.6) is 17.4 Å². The zero-order valence-corrected chi connectivity index (χ0v) is 17.9. The van der Waals surface area contributed by atoms with Gasteiger partial charge in [0.2, 0.25) is 11.2 Å². The standard InChI is InChI=1S/C24H18ClN5O2/c1-31-19-6-2-16(3-7-19)14-30-15-27-22-21(30)23(29-24(25)28-22)32-20-8-4-17(5-9-20)18-10-12-26-13-11-18/h2-13,15H,14H2,1H3. The van der Waals surface area contributed by atoms with Crippen LogP contribution in [-0.4, -0.2) is 31.6 Å². The van der Waals surface area contributed by atoms with Gasteiger partial charge in [-0.25, -0.2) is 4.98 Å². The van der Waals surface area contributed by atoms with Crippen molar-refractivity contribution in [2.24, 2.45) is 0 Å². The van der Waals surface area contributed by atoms with Gasteiger partial charge < -0.3 is 14.0 Å². The summed E-state index contributed by atoms with van der Waals surface area (Å²) in [5.41, 5.74) is 4.37. The van der Waals surface area contributed by atoms with E-state index in [4.69, 9.17) is 21.1 Å². The first-order valence-corrected chi connectivity index (χ1v) is 10.3. The van der Waals surface area contributed by atoms with Crippen LogP contribution >= 0.6 is 11.6 Å². The van der Waals surface area contributed by atoms with Crippen molar-refractivity contribution >= 4 is 22.8 Å². The van der Waals surface area contributed by atoms with E-state index in [1.54, 1.807) is 25.8 Å². The second-order valence-electron chi connectivity index (χ2n) is 7.05. The SMILES string of the molecule is COc1ccc(Cn2cnc3nc(Cl)nc(Oc4ccc(-c5ccncc5)cc4)c32)cc1. The van der Waals surface area contributed by atoms with Gasteiger partial charge in [-0.1, -0.05) is 24.3 Å². The van der Waals surface area contributed by atoms with Crippen LogP contribution in [0, 0.1) is 0 Å². The topological polar surface area (TPSA) is 75.0 Å². The molecule has 158 valence electrons. The minimum atomic E-state index is 0.0793. The Kier molecular flexibility index (Phi) is 5.39. The Morgan fingerprint density at radius 1 is 0.844 bits per heavy atom. The van der Waals surface area contributed by atoms with Gasteiger partial charge >= 0.3 is 0 Å². The molecule has 7 nitrogen and oxygen atoms in total. The molecule has 0 unspecified atom stereocenters. The largest absolute Gasteiger partial charge is 0.497 e. The quantitative estimate of drug-likeness (QED) is 0.327. The lowest BCUT2D eigenvalue weighted by atomic mass is 10.1. The number of hydrogen-bond donors (Lipinski definition) is 0. The van der Waals surface area contributed by atoms with Gasteiger partial charge in [0.15, 0.2) is 11.2 Å². The molecule has 0 atom stereocenters. The van der Waals surface area contributed by atoms with Crippen molar-refractivity contribution in [3.05, 3.63) is 90.2 Å². The minimum absolute atomic E-state index is 0.0793. The van der Waals surface area contributed by atoms with E-state index in [1.165, 1.54) is 0 Å². The van der Waals surface area contributed by atoms with E-state index in [-0.39, 0.29) is 5.28 Å². The number of ether oxygens (including phenoxy) is 2. The summed E-state index contributed by atoms with van der Waals surface area (Å²) in [5, 5.41) is 0.0793. The molecule has 3 heterocycles. The number of methoxy groups -OCH3 is 1. The van der Waals surface area contributed by atoms with Gasteiger partial charge in [0.05, 0.1) is 13.4 Å². The summed E-state index contributed by atoms with van der Waals surface area (Å²) < 4.78 is 13.3. The minimum Gasteiger partial charge on any atom is -0.497 e. The summed E-state index contributed by atoms with van der Waals surface area (Å²) in [6, 6.07) is 19.5. The summed E-state index contributed by atoms with van der Waals surface area (Å²) in [4.78, 5) is 17.0. The first-order chi connectivity index (χ1) is 15.7. The van der Waals surface area contributed by atoms with Crippen LogP contribution in [0.25, 0.3) is 22.3 Å². The zero-order valence-electron chi connectivity index (χ0n) is 17.1. The molecule has 5 rings (SSSR count). The van der Waals surface area contributed by atoms with Crippen LogP contribution in [0.4, 0.5) is 0 Å². The Hall–Kier alpha value is -3.97. The van der Waals surface area contributed by atoms with Crippen LogP contribution < -0.4 is 9.47 Å². The third kappa shape index (κ3) is 4.10. The number of hydrogen-bond acceptors (Lipinski definition) is 6. The average molecular weight is 444 g/mol. The van der Waals surface area contributed by atoms with Gasteiger partial charge in [-0.2, -0.15) is 9.97 Å². The predicted octanol–water partition coefficient (Wildman–Crippen LogP) is 5.39. The third-order valence-corrected chi connectivity index (χ3v) is 5.18. The highest BCUT2D eigenvalue weighted by atomic mass is 35.5. The van der Waals surface area contributed by atoms with Crippen LogP contribution in [0.1, 0.15) is 5.56 Å². The van der Waals surface area contributed by atoms with Crippen molar-refractivity contribution in [1.29, 1.82) is 0 Å². The molecule has 5 aromatic rings. The molecule has 32 heavy (non-hydrogen) atoms. The summed E-state index contributed by atoms with van der Waals surface area (Å²) in [6.45, 7) is 0.572. The maximum atomic E-state index is 6.13. The number of aromatic nitrogens is 5. The number of benzene rings is 2. The van der Waals surface area contributed by atoms with Gasteiger partial charge in [0, 0.05) is 18.9 Å². The molecule has 0 fully saturated rings. The molecule has 0 aliphatic rings. The van der Waals surface area contributed by atoms with Crippen molar-refractivity contribution < 1.29 is 9.47 Å². The highest BCUT2D eigenvalue weighted by molar-refractivity contribution is 6.28. The number of halogens is 1. The molecule has 0 radical (unpaired) electrons. The van der Waals surface area contributed by atoms with Crippen molar-refractivity contribution in [2.75, 3.05) is 7.11 Å². The Morgan fingerprint density at radius 3 is 2.25 bits per heavy atom. The van der Waals surface area contributed by atoms with Crippen LogP contribution in [-0.2, 0) is 6.54 Å². The van der Waals surface area contributed by atoms with Crippen molar-refractivity contribution in [3.8, 4) is 28.5 Å². The van der Waals surface area contributed by atoms with E-state index in [0.717, 1.165) is 22.4 Å². The number of imidazole rings is 1. The zero-order chi connectivity index (χ0) is 21.9. The van der Waals surface area contributed by atoms with Gasteiger partial charge in [-0.3, -0.25) is 4.98 Å². The maximum absolute atomic E-state index is 6.13. The first-order valence-electron chi connectivity index (χ1n) is 9.89. The van der Waals surface area contributed by atoms with Gasteiger partial charge in [-0.15, -0.1) is 0 Å². The van der Waals surface area contributed by atoms with E-state index < -0.39 is 0 Å². The summed E-state index contributed by atoms with van der Waals surface area (Å²) in [7, 11) is 1.65. The molecule has 8 heteroatoms. The Bertz CT molecular complexity index is 1350. The lowest BCUT2D eigenvalue weighted by Crippen LogP contribution is -2.01. The summed E-state index contributed by atoms with van der Waals surface area (Å²) in [5.74, 6) is 1.79. The molecular weight excluding hydrogens is 426 g/mol.